The summed E-state index contributed by atoms with van der Waals surface area (Å²) in [7, 11) is 0. The van der Waals surface area contributed by atoms with Crippen molar-refractivity contribution in [3.8, 4) is 0 Å². The first-order valence-corrected chi connectivity index (χ1v) is 6.57. The first-order valence-electron chi connectivity index (χ1n) is 6.57. The Morgan fingerprint density at radius 3 is 2.74 bits per heavy atom. The van der Waals surface area contributed by atoms with Gasteiger partial charge in [0.05, 0.1) is 6.54 Å². The van der Waals surface area contributed by atoms with Gasteiger partial charge in [0.25, 0.3) is 5.91 Å². The fourth-order valence-electron chi connectivity index (χ4n) is 2.90. The van der Waals surface area contributed by atoms with Crippen molar-refractivity contribution in [3.63, 3.8) is 0 Å². The third-order valence-corrected chi connectivity index (χ3v) is 3.83. The summed E-state index contributed by atoms with van der Waals surface area (Å²) in [6, 6.07) is 7.77. The maximum Gasteiger partial charge on any atom is 0.255 e. The molecule has 2 heterocycles. The Bertz CT molecular complexity index is 537. The number of nitrogens with two attached hydrogens (primary N) is 1. The van der Waals surface area contributed by atoms with Crippen LogP contribution in [0.1, 0.15) is 19.8 Å². The van der Waals surface area contributed by atoms with E-state index in [4.69, 9.17) is 5.73 Å². The lowest BCUT2D eigenvalue weighted by atomic mass is 9.89. The lowest BCUT2D eigenvalue weighted by molar-refractivity contribution is -0.124. The van der Waals surface area contributed by atoms with Crippen LogP contribution in [-0.2, 0) is 4.79 Å². The number of aliphatic imine (C=N–C) groups is 1. The number of nitrogen functional groups attached to an aromatic ring is 1. The van der Waals surface area contributed by atoms with E-state index in [-0.39, 0.29) is 5.91 Å². The molecule has 3 rings (SSSR count). The molecule has 1 saturated heterocycles. The summed E-state index contributed by atoms with van der Waals surface area (Å²) in [4.78, 5) is 18.9. The molecule has 1 fully saturated rings. The number of rotatable bonds is 1. The summed E-state index contributed by atoms with van der Waals surface area (Å²) < 4.78 is 0. The van der Waals surface area contributed by atoms with E-state index >= 15 is 0 Å². The highest BCUT2D eigenvalue weighted by molar-refractivity contribution is 6.07. The fraction of sp³-hybridized carbons (Fsp3) is 0.429. The van der Waals surface area contributed by atoms with Crippen molar-refractivity contribution in [2.45, 2.75) is 25.3 Å². The minimum absolute atomic E-state index is 0.0325. The Morgan fingerprint density at radius 2 is 2.11 bits per heavy atom. The second-order valence-corrected chi connectivity index (χ2v) is 5.30. The molecule has 0 radical (unpaired) electrons. The number of amidine groups is 1. The first-order chi connectivity index (χ1) is 9.09. The predicted octanol–water partition coefficient (Wildman–Crippen LogP) is 1.16. The molecule has 2 aliphatic rings. The van der Waals surface area contributed by atoms with Crippen molar-refractivity contribution in [1.82, 2.24) is 5.32 Å². The molecule has 0 aliphatic carbocycles. The summed E-state index contributed by atoms with van der Waals surface area (Å²) in [5.74, 6) is 0.759. The highest BCUT2D eigenvalue weighted by atomic mass is 16.2. The van der Waals surface area contributed by atoms with Gasteiger partial charge in [-0.3, -0.25) is 9.79 Å². The molecule has 19 heavy (non-hydrogen) atoms. The van der Waals surface area contributed by atoms with Crippen LogP contribution >= 0.6 is 0 Å². The molecular weight excluding hydrogens is 240 g/mol. The summed E-state index contributed by atoms with van der Waals surface area (Å²) in [6.45, 7) is 3.43. The smallest absolute Gasteiger partial charge is 0.255 e. The SMILES string of the molecule is CC1=NC2(CCCN(c3ccc(N)cc3)C2)C(=O)N1. The van der Waals surface area contributed by atoms with E-state index in [0.717, 1.165) is 36.6 Å². The van der Waals surface area contributed by atoms with Crippen molar-refractivity contribution in [2.75, 3.05) is 23.7 Å². The quantitative estimate of drug-likeness (QED) is 0.742. The van der Waals surface area contributed by atoms with Crippen molar-refractivity contribution in [1.29, 1.82) is 0 Å². The second-order valence-electron chi connectivity index (χ2n) is 5.30. The van der Waals surface area contributed by atoms with Crippen molar-refractivity contribution in [3.05, 3.63) is 24.3 Å². The van der Waals surface area contributed by atoms with Gasteiger partial charge in [0.1, 0.15) is 5.84 Å². The zero-order valence-corrected chi connectivity index (χ0v) is 11.0. The van der Waals surface area contributed by atoms with Crippen LogP contribution in [0.4, 0.5) is 11.4 Å². The number of amides is 1. The van der Waals surface area contributed by atoms with Gasteiger partial charge in [-0.15, -0.1) is 0 Å². The van der Waals surface area contributed by atoms with E-state index in [1.807, 2.05) is 31.2 Å². The maximum absolute atomic E-state index is 12.1. The largest absolute Gasteiger partial charge is 0.399 e. The monoisotopic (exact) mass is 258 g/mol. The van der Waals surface area contributed by atoms with E-state index in [0.29, 0.717) is 6.54 Å². The van der Waals surface area contributed by atoms with E-state index in [1.54, 1.807) is 0 Å². The highest BCUT2D eigenvalue weighted by Crippen LogP contribution is 2.31. The number of hydrogen-bond donors (Lipinski definition) is 2. The van der Waals surface area contributed by atoms with Gasteiger partial charge in [-0.05, 0) is 44.0 Å². The average molecular weight is 258 g/mol. The van der Waals surface area contributed by atoms with Gasteiger partial charge in [-0.2, -0.15) is 0 Å². The van der Waals surface area contributed by atoms with Crippen LogP contribution in [0.5, 0.6) is 0 Å². The Labute approximate surface area is 112 Å². The third-order valence-electron chi connectivity index (χ3n) is 3.83. The zero-order chi connectivity index (χ0) is 13.5. The second kappa shape index (κ2) is 4.26. The molecule has 5 nitrogen and oxygen atoms in total. The Kier molecular flexibility index (Phi) is 2.69. The summed E-state index contributed by atoms with van der Waals surface area (Å²) in [6.07, 6.45) is 1.79. The van der Waals surface area contributed by atoms with Gasteiger partial charge in [-0.25, -0.2) is 0 Å². The van der Waals surface area contributed by atoms with Crippen LogP contribution in [0, 0.1) is 0 Å². The van der Waals surface area contributed by atoms with E-state index in [9.17, 15) is 4.79 Å². The molecule has 0 saturated carbocycles. The molecule has 0 aromatic heterocycles. The van der Waals surface area contributed by atoms with Gasteiger partial charge in [0, 0.05) is 17.9 Å². The van der Waals surface area contributed by atoms with Crippen LogP contribution in [0.15, 0.2) is 29.3 Å². The Morgan fingerprint density at radius 1 is 1.37 bits per heavy atom. The molecule has 1 aromatic rings. The lowest BCUT2D eigenvalue weighted by Gasteiger charge is -2.38. The molecule has 3 N–H and O–H groups in total. The molecule has 1 spiro atoms. The summed E-state index contributed by atoms with van der Waals surface area (Å²) in [5.41, 5.74) is 6.96. The van der Waals surface area contributed by atoms with Crippen molar-refractivity contribution in [2.24, 2.45) is 4.99 Å². The van der Waals surface area contributed by atoms with Crippen LogP contribution in [-0.4, -0.2) is 30.4 Å². The van der Waals surface area contributed by atoms with E-state index in [1.165, 1.54) is 0 Å². The number of nitrogens with zero attached hydrogens (tertiary/aromatic N) is 2. The number of piperidine rings is 1. The average Bonchev–Trinajstić information content (AvgIpc) is 2.64. The molecule has 0 bridgehead atoms. The first kappa shape index (κ1) is 12.0. The number of carbonyl (C=O) groups excluding carboxylic acids is 1. The Balaban J connectivity index is 1.86. The van der Waals surface area contributed by atoms with Crippen LogP contribution in [0.2, 0.25) is 0 Å². The standard InChI is InChI=1S/C14H18N4O/c1-10-16-13(19)14(17-10)7-2-8-18(9-14)12-5-3-11(15)4-6-12/h3-6H,2,7-9,15H2,1H3,(H,16,17,19). The van der Waals surface area contributed by atoms with E-state index < -0.39 is 5.54 Å². The number of carbonyl (C=O) groups is 1. The molecule has 100 valence electrons. The zero-order valence-electron chi connectivity index (χ0n) is 11.0. The normalized spacial score (nSPS) is 26.5. The summed E-state index contributed by atoms with van der Waals surface area (Å²) in [5, 5.41) is 2.82. The lowest BCUT2D eigenvalue weighted by Crippen LogP contribution is -2.52. The van der Waals surface area contributed by atoms with Gasteiger partial charge >= 0.3 is 0 Å². The van der Waals surface area contributed by atoms with Gasteiger partial charge in [0.2, 0.25) is 0 Å². The molecule has 1 unspecified atom stereocenters. The number of anilines is 2. The highest BCUT2D eigenvalue weighted by Gasteiger charge is 2.45. The van der Waals surface area contributed by atoms with Crippen LogP contribution < -0.4 is 16.0 Å². The topological polar surface area (TPSA) is 70.7 Å². The van der Waals surface area contributed by atoms with Crippen LogP contribution in [0.3, 0.4) is 0 Å². The van der Waals surface area contributed by atoms with Gasteiger partial charge < -0.3 is 16.0 Å². The number of benzene rings is 1. The van der Waals surface area contributed by atoms with Crippen LogP contribution in [0.25, 0.3) is 0 Å². The molecule has 1 aromatic carbocycles. The fourth-order valence-corrected chi connectivity index (χ4v) is 2.90. The molecular formula is C14H18N4O. The van der Waals surface area contributed by atoms with E-state index in [2.05, 4.69) is 15.2 Å². The molecule has 2 aliphatic heterocycles. The summed E-state index contributed by atoms with van der Waals surface area (Å²) >= 11 is 0. The van der Waals surface area contributed by atoms with Crippen molar-refractivity contribution < 1.29 is 4.79 Å². The van der Waals surface area contributed by atoms with Gasteiger partial charge in [-0.1, -0.05) is 0 Å². The van der Waals surface area contributed by atoms with Crippen molar-refractivity contribution >= 4 is 23.1 Å². The Hall–Kier alpha value is -2.04. The molecule has 1 amide bonds. The maximum atomic E-state index is 12.1. The minimum Gasteiger partial charge on any atom is -0.399 e. The third kappa shape index (κ3) is 2.05. The molecule has 1 atom stereocenters. The number of nitrogens with one attached hydrogen (secondary N) is 1. The number of hydrogen-bond acceptors (Lipinski definition) is 4. The van der Waals surface area contributed by atoms with Gasteiger partial charge in [0.15, 0.2) is 5.54 Å². The predicted molar refractivity (Wildman–Crippen MR) is 76.3 cm³/mol. The minimum atomic E-state index is -0.594. The molecule has 5 heteroatoms.